The van der Waals surface area contributed by atoms with Crippen molar-refractivity contribution in [2.45, 2.75) is 25.3 Å². The number of amides is 4. The molecule has 2 N–H and O–H groups in total. The lowest BCUT2D eigenvalue weighted by molar-refractivity contribution is -0.125. The van der Waals surface area contributed by atoms with Crippen LogP contribution in [0, 0.1) is 5.92 Å². The average Bonchev–Trinajstić information content (AvgIpc) is 3.10. The van der Waals surface area contributed by atoms with Crippen molar-refractivity contribution >= 4 is 28.7 Å². The van der Waals surface area contributed by atoms with Gasteiger partial charge in [-0.05, 0) is 37.8 Å². The lowest BCUT2D eigenvalue weighted by atomic mass is 9.79. The molecule has 2 saturated heterocycles. The first kappa shape index (κ1) is 20.2. The highest BCUT2D eigenvalue weighted by Crippen LogP contribution is 2.32. The largest absolute Gasteiger partial charge is 0.339 e. The van der Waals surface area contributed by atoms with Crippen molar-refractivity contribution in [1.29, 1.82) is 0 Å². The van der Waals surface area contributed by atoms with Gasteiger partial charge < -0.3 is 10.2 Å². The van der Waals surface area contributed by atoms with Crippen LogP contribution in [0.15, 0.2) is 60.7 Å². The van der Waals surface area contributed by atoms with Crippen LogP contribution < -0.4 is 10.6 Å². The first-order valence-corrected chi connectivity index (χ1v) is 10.8. The summed E-state index contributed by atoms with van der Waals surface area (Å²) in [7, 11) is 0. The number of carbonyl (C=O) groups excluding carboxylic acids is 3. The molecule has 1 unspecified atom stereocenters. The quantitative estimate of drug-likeness (QED) is 0.626. The maximum Gasteiger partial charge on any atom is 0.322 e. The number of likely N-dealkylation sites (tertiary alicyclic amines) is 1. The second-order valence-corrected chi connectivity index (χ2v) is 8.62. The number of nitrogens with one attached hydrogen (secondary N) is 2. The molecule has 0 spiro atoms. The first-order valence-electron chi connectivity index (χ1n) is 10.8. The molecule has 0 saturated carbocycles. The zero-order chi connectivity index (χ0) is 22.3. The van der Waals surface area contributed by atoms with E-state index in [0.717, 1.165) is 22.2 Å². The van der Waals surface area contributed by atoms with Gasteiger partial charge in [-0.3, -0.25) is 14.9 Å². The SMILES string of the molecule is CC1(C2CCN(C(=O)c3cc(-c4ccccc4)nc4ccccc34)CC2)NC(=O)NC1=O. The average molecular weight is 428 g/mol. The Hall–Kier alpha value is -3.74. The van der Waals surface area contributed by atoms with Crippen molar-refractivity contribution in [2.24, 2.45) is 5.92 Å². The number of para-hydroxylation sites is 1. The van der Waals surface area contributed by atoms with Gasteiger partial charge in [-0.15, -0.1) is 0 Å². The van der Waals surface area contributed by atoms with E-state index in [-0.39, 0.29) is 17.7 Å². The fourth-order valence-electron chi connectivity index (χ4n) is 4.78. The molecular formula is C25H24N4O3. The molecule has 2 aliphatic rings. The highest BCUT2D eigenvalue weighted by Gasteiger charge is 2.48. The van der Waals surface area contributed by atoms with Crippen LogP contribution in [-0.2, 0) is 4.79 Å². The Morgan fingerprint density at radius 3 is 2.41 bits per heavy atom. The number of pyridine rings is 1. The maximum atomic E-state index is 13.6. The number of urea groups is 1. The van der Waals surface area contributed by atoms with E-state index in [1.807, 2.05) is 65.6 Å². The number of rotatable bonds is 3. The van der Waals surface area contributed by atoms with E-state index in [9.17, 15) is 14.4 Å². The van der Waals surface area contributed by atoms with E-state index in [1.54, 1.807) is 6.92 Å². The van der Waals surface area contributed by atoms with Crippen LogP contribution in [0.1, 0.15) is 30.1 Å². The highest BCUT2D eigenvalue weighted by molar-refractivity contribution is 6.08. The third-order valence-corrected chi connectivity index (χ3v) is 6.69. The maximum absolute atomic E-state index is 13.6. The molecule has 1 atom stereocenters. The predicted molar refractivity (Wildman–Crippen MR) is 121 cm³/mol. The summed E-state index contributed by atoms with van der Waals surface area (Å²) in [5.41, 5.74) is 2.22. The number of benzene rings is 2. The molecule has 3 aromatic rings. The number of nitrogens with zero attached hydrogens (tertiary/aromatic N) is 2. The smallest absolute Gasteiger partial charge is 0.322 e. The number of hydrogen-bond acceptors (Lipinski definition) is 4. The summed E-state index contributed by atoms with van der Waals surface area (Å²) in [5, 5.41) is 5.92. The number of hydrogen-bond donors (Lipinski definition) is 2. The van der Waals surface area contributed by atoms with E-state index in [2.05, 4.69) is 10.6 Å². The summed E-state index contributed by atoms with van der Waals surface area (Å²) in [4.78, 5) is 44.1. The number of imide groups is 1. The normalized spacial score (nSPS) is 21.5. The second-order valence-electron chi connectivity index (χ2n) is 8.62. The van der Waals surface area contributed by atoms with Gasteiger partial charge >= 0.3 is 6.03 Å². The van der Waals surface area contributed by atoms with E-state index < -0.39 is 11.6 Å². The van der Waals surface area contributed by atoms with Crippen LogP contribution in [0.5, 0.6) is 0 Å². The summed E-state index contributed by atoms with van der Waals surface area (Å²) in [6, 6.07) is 18.9. The summed E-state index contributed by atoms with van der Waals surface area (Å²) >= 11 is 0. The molecule has 3 heterocycles. The molecule has 32 heavy (non-hydrogen) atoms. The van der Waals surface area contributed by atoms with Crippen molar-refractivity contribution in [1.82, 2.24) is 20.5 Å². The third-order valence-electron chi connectivity index (χ3n) is 6.69. The van der Waals surface area contributed by atoms with Gasteiger partial charge in [-0.1, -0.05) is 48.5 Å². The van der Waals surface area contributed by atoms with Gasteiger partial charge in [0.15, 0.2) is 0 Å². The van der Waals surface area contributed by atoms with Crippen LogP contribution >= 0.6 is 0 Å². The van der Waals surface area contributed by atoms with E-state index in [0.29, 0.717) is 31.5 Å². The van der Waals surface area contributed by atoms with Gasteiger partial charge in [0.05, 0.1) is 16.8 Å². The fourth-order valence-corrected chi connectivity index (χ4v) is 4.78. The Labute approximate surface area is 185 Å². The van der Waals surface area contributed by atoms with Crippen LogP contribution in [0.25, 0.3) is 22.2 Å². The molecule has 2 aliphatic heterocycles. The van der Waals surface area contributed by atoms with Crippen LogP contribution in [-0.4, -0.2) is 46.4 Å². The molecule has 0 aliphatic carbocycles. The molecule has 0 radical (unpaired) electrons. The molecule has 7 heteroatoms. The summed E-state index contributed by atoms with van der Waals surface area (Å²) in [6.45, 7) is 2.82. The topological polar surface area (TPSA) is 91.4 Å². The summed E-state index contributed by atoms with van der Waals surface area (Å²) < 4.78 is 0. The molecule has 162 valence electrons. The Bertz CT molecular complexity index is 1220. The van der Waals surface area contributed by atoms with E-state index >= 15 is 0 Å². The van der Waals surface area contributed by atoms with Crippen molar-refractivity contribution < 1.29 is 14.4 Å². The fraction of sp³-hybridized carbons (Fsp3) is 0.280. The van der Waals surface area contributed by atoms with Crippen molar-refractivity contribution in [3.63, 3.8) is 0 Å². The highest BCUT2D eigenvalue weighted by atomic mass is 16.2. The van der Waals surface area contributed by atoms with Crippen LogP contribution in [0.2, 0.25) is 0 Å². The lowest BCUT2D eigenvalue weighted by Crippen LogP contribution is -2.54. The predicted octanol–water partition coefficient (Wildman–Crippen LogP) is 3.35. The zero-order valence-corrected chi connectivity index (χ0v) is 17.8. The van der Waals surface area contributed by atoms with Gasteiger partial charge in [0.2, 0.25) is 0 Å². The second kappa shape index (κ2) is 7.75. The third kappa shape index (κ3) is 3.39. The number of fused-ring (bicyclic) bond motifs is 1. The number of piperidine rings is 1. The van der Waals surface area contributed by atoms with Gasteiger partial charge in [0.25, 0.3) is 11.8 Å². The van der Waals surface area contributed by atoms with Gasteiger partial charge in [-0.2, -0.15) is 0 Å². The molecule has 5 rings (SSSR count). The van der Waals surface area contributed by atoms with Crippen molar-refractivity contribution in [2.75, 3.05) is 13.1 Å². The minimum atomic E-state index is -0.921. The van der Waals surface area contributed by atoms with Gasteiger partial charge in [0.1, 0.15) is 5.54 Å². The Balaban J connectivity index is 1.42. The number of aromatic nitrogens is 1. The zero-order valence-electron chi connectivity index (χ0n) is 17.8. The lowest BCUT2D eigenvalue weighted by Gasteiger charge is -2.38. The minimum absolute atomic E-state index is 0.0212. The van der Waals surface area contributed by atoms with Gasteiger partial charge in [-0.25, -0.2) is 9.78 Å². The van der Waals surface area contributed by atoms with Crippen molar-refractivity contribution in [3.05, 3.63) is 66.2 Å². The Kier molecular flexibility index (Phi) is 4.89. The summed E-state index contributed by atoms with van der Waals surface area (Å²) in [5.74, 6) is -0.351. The van der Waals surface area contributed by atoms with Gasteiger partial charge in [0, 0.05) is 24.0 Å². The molecule has 2 aromatic carbocycles. The first-order chi connectivity index (χ1) is 15.5. The molecule has 1 aromatic heterocycles. The molecule has 0 bridgehead atoms. The van der Waals surface area contributed by atoms with E-state index in [4.69, 9.17) is 4.98 Å². The Morgan fingerprint density at radius 2 is 1.72 bits per heavy atom. The van der Waals surface area contributed by atoms with Crippen molar-refractivity contribution in [3.8, 4) is 11.3 Å². The van der Waals surface area contributed by atoms with Crippen LogP contribution in [0.3, 0.4) is 0 Å². The minimum Gasteiger partial charge on any atom is -0.339 e. The molecule has 2 fully saturated rings. The monoisotopic (exact) mass is 428 g/mol. The summed E-state index contributed by atoms with van der Waals surface area (Å²) in [6.07, 6.45) is 1.29. The van der Waals surface area contributed by atoms with E-state index in [1.165, 1.54) is 0 Å². The molecular weight excluding hydrogens is 404 g/mol. The molecule has 4 amide bonds. The van der Waals surface area contributed by atoms with Crippen LogP contribution in [0.4, 0.5) is 4.79 Å². The Morgan fingerprint density at radius 1 is 1.03 bits per heavy atom. The standard InChI is InChI=1S/C25H24N4O3/c1-25(23(31)27-24(32)28-25)17-11-13-29(14-12-17)22(30)19-15-21(16-7-3-2-4-8-16)26-20-10-6-5-9-18(19)20/h2-10,15,17H,11-14H2,1H3,(H2,27,28,31,32). The molecule has 7 nitrogen and oxygen atoms in total. The number of carbonyl (C=O) groups is 3.